The maximum atomic E-state index is 11.2. The summed E-state index contributed by atoms with van der Waals surface area (Å²) in [6.07, 6.45) is 6.81. The van der Waals surface area contributed by atoms with Gasteiger partial charge in [-0.3, -0.25) is 4.79 Å². The van der Waals surface area contributed by atoms with Gasteiger partial charge in [-0.2, -0.15) is 5.10 Å². The summed E-state index contributed by atoms with van der Waals surface area (Å²) in [5.41, 5.74) is -0.225. The predicted molar refractivity (Wildman–Crippen MR) is 59.1 cm³/mol. The van der Waals surface area contributed by atoms with Gasteiger partial charge in [0.2, 0.25) is 0 Å². The molecule has 1 aromatic rings. The minimum Gasteiger partial charge on any atom is -0.367 e. The number of aromatic nitrogens is 2. The molecule has 0 amide bonds. The number of halogens is 1. The SMILES string of the molecule is C#CC(C)(C)Nc1cn[nH]c(=O)c1Br. The first-order valence-corrected chi connectivity index (χ1v) is 4.75. The number of anilines is 1. The van der Waals surface area contributed by atoms with Crippen molar-refractivity contribution in [2.24, 2.45) is 0 Å². The molecule has 0 aliphatic rings. The van der Waals surface area contributed by atoms with E-state index in [9.17, 15) is 4.79 Å². The first-order valence-electron chi connectivity index (χ1n) is 3.95. The predicted octanol–water partition coefficient (Wildman–Crippen LogP) is 1.36. The van der Waals surface area contributed by atoms with Crippen molar-refractivity contribution in [3.05, 3.63) is 21.0 Å². The smallest absolute Gasteiger partial charge is 0.280 e. The summed E-state index contributed by atoms with van der Waals surface area (Å²) in [4.78, 5) is 11.2. The van der Waals surface area contributed by atoms with Crippen LogP contribution in [0.3, 0.4) is 0 Å². The van der Waals surface area contributed by atoms with Crippen LogP contribution in [-0.4, -0.2) is 15.7 Å². The summed E-state index contributed by atoms with van der Waals surface area (Å²) in [6, 6.07) is 0. The van der Waals surface area contributed by atoms with Crippen molar-refractivity contribution in [1.29, 1.82) is 0 Å². The fourth-order valence-electron chi connectivity index (χ4n) is 0.843. The molecule has 1 heterocycles. The highest BCUT2D eigenvalue weighted by Crippen LogP contribution is 2.19. The van der Waals surface area contributed by atoms with Crippen LogP contribution >= 0.6 is 15.9 Å². The Bertz CT molecular complexity index is 430. The average molecular weight is 256 g/mol. The molecule has 4 nitrogen and oxygen atoms in total. The van der Waals surface area contributed by atoms with Crippen molar-refractivity contribution < 1.29 is 0 Å². The van der Waals surface area contributed by atoms with Crippen molar-refractivity contribution >= 4 is 21.6 Å². The third kappa shape index (κ3) is 2.36. The van der Waals surface area contributed by atoms with Crippen molar-refractivity contribution in [3.63, 3.8) is 0 Å². The second kappa shape index (κ2) is 3.84. The molecule has 2 N–H and O–H groups in total. The number of rotatable bonds is 2. The van der Waals surface area contributed by atoms with Gasteiger partial charge in [-0.15, -0.1) is 6.42 Å². The fourth-order valence-corrected chi connectivity index (χ4v) is 1.13. The summed E-state index contributed by atoms with van der Waals surface area (Å²) < 4.78 is 0.399. The van der Waals surface area contributed by atoms with Gasteiger partial charge in [0.05, 0.1) is 17.4 Å². The van der Waals surface area contributed by atoms with E-state index in [0.29, 0.717) is 10.2 Å². The van der Waals surface area contributed by atoms with E-state index in [-0.39, 0.29) is 5.56 Å². The van der Waals surface area contributed by atoms with Crippen LogP contribution in [0.4, 0.5) is 5.69 Å². The van der Waals surface area contributed by atoms with Crippen LogP contribution in [0, 0.1) is 12.3 Å². The van der Waals surface area contributed by atoms with Gasteiger partial charge < -0.3 is 5.32 Å². The quantitative estimate of drug-likeness (QED) is 0.785. The van der Waals surface area contributed by atoms with E-state index in [2.05, 4.69) is 37.4 Å². The zero-order valence-electron chi connectivity index (χ0n) is 7.89. The molecule has 0 atom stereocenters. The lowest BCUT2D eigenvalue weighted by Crippen LogP contribution is -2.29. The minimum atomic E-state index is -0.516. The third-order valence-electron chi connectivity index (χ3n) is 1.60. The Kier molecular flexibility index (Phi) is 2.96. The van der Waals surface area contributed by atoms with E-state index in [1.165, 1.54) is 6.20 Å². The van der Waals surface area contributed by atoms with E-state index in [1.54, 1.807) is 0 Å². The van der Waals surface area contributed by atoms with Gasteiger partial charge in [-0.1, -0.05) is 5.92 Å². The molecule has 0 saturated carbocycles. The van der Waals surface area contributed by atoms with Crippen molar-refractivity contribution in [1.82, 2.24) is 10.2 Å². The molecule has 74 valence electrons. The van der Waals surface area contributed by atoms with E-state index in [1.807, 2.05) is 13.8 Å². The number of aromatic amines is 1. The molecule has 0 aliphatic heterocycles. The first-order chi connectivity index (χ1) is 6.46. The maximum Gasteiger partial charge on any atom is 0.280 e. The molecule has 14 heavy (non-hydrogen) atoms. The maximum absolute atomic E-state index is 11.2. The van der Waals surface area contributed by atoms with Crippen molar-refractivity contribution in [3.8, 4) is 12.3 Å². The topological polar surface area (TPSA) is 57.8 Å². The molecule has 0 aromatic carbocycles. The molecule has 1 aromatic heterocycles. The molecule has 0 fully saturated rings. The van der Waals surface area contributed by atoms with Gasteiger partial charge in [0, 0.05) is 0 Å². The largest absolute Gasteiger partial charge is 0.367 e. The number of H-pyrrole nitrogens is 1. The average Bonchev–Trinajstić information content (AvgIpc) is 2.13. The highest BCUT2D eigenvalue weighted by Gasteiger charge is 2.15. The number of nitrogens with zero attached hydrogens (tertiary/aromatic N) is 1. The van der Waals surface area contributed by atoms with Crippen LogP contribution < -0.4 is 10.9 Å². The van der Waals surface area contributed by atoms with Crippen LogP contribution in [0.2, 0.25) is 0 Å². The van der Waals surface area contributed by atoms with Crippen LogP contribution in [0.1, 0.15) is 13.8 Å². The summed E-state index contributed by atoms with van der Waals surface area (Å²) in [5.74, 6) is 2.56. The second-order valence-electron chi connectivity index (χ2n) is 3.32. The first kappa shape index (κ1) is 10.8. The highest BCUT2D eigenvalue weighted by molar-refractivity contribution is 9.10. The summed E-state index contributed by atoms with van der Waals surface area (Å²) in [7, 11) is 0. The monoisotopic (exact) mass is 255 g/mol. The molecule has 0 bridgehead atoms. The molecular weight excluding hydrogens is 246 g/mol. The Morgan fingerprint density at radius 3 is 2.93 bits per heavy atom. The van der Waals surface area contributed by atoms with Gasteiger partial charge in [0.1, 0.15) is 4.47 Å². The van der Waals surface area contributed by atoms with Crippen LogP contribution in [-0.2, 0) is 0 Å². The Morgan fingerprint density at radius 2 is 2.36 bits per heavy atom. The lowest BCUT2D eigenvalue weighted by molar-refractivity contribution is 0.737. The number of hydrogen-bond acceptors (Lipinski definition) is 3. The summed E-state index contributed by atoms with van der Waals surface area (Å²) in [5, 5.41) is 8.98. The summed E-state index contributed by atoms with van der Waals surface area (Å²) >= 11 is 3.15. The number of nitrogens with one attached hydrogen (secondary N) is 2. The van der Waals surface area contributed by atoms with E-state index in [4.69, 9.17) is 6.42 Å². The third-order valence-corrected chi connectivity index (χ3v) is 2.39. The van der Waals surface area contributed by atoms with Crippen LogP contribution in [0.25, 0.3) is 0 Å². The number of terminal acetylenes is 1. The molecule has 0 radical (unpaired) electrons. The van der Waals surface area contributed by atoms with E-state index in [0.717, 1.165) is 0 Å². The Balaban J connectivity index is 3.06. The Labute approximate surface area is 90.2 Å². The minimum absolute atomic E-state index is 0.289. The lowest BCUT2D eigenvalue weighted by atomic mass is 10.1. The molecule has 0 spiro atoms. The fraction of sp³-hybridized carbons (Fsp3) is 0.333. The second-order valence-corrected chi connectivity index (χ2v) is 4.11. The van der Waals surface area contributed by atoms with E-state index >= 15 is 0 Å². The van der Waals surface area contributed by atoms with Gasteiger partial charge in [-0.05, 0) is 29.8 Å². The van der Waals surface area contributed by atoms with Gasteiger partial charge in [-0.25, -0.2) is 5.10 Å². The normalized spacial score (nSPS) is 10.7. The van der Waals surface area contributed by atoms with Gasteiger partial charge in [0.25, 0.3) is 5.56 Å². The molecule has 0 unspecified atom stereocenters. The Hall–Kier alpha value is -1.28. The molecule has 0 saturated heterocycles. The number of hydrogen-bond donors (Lipinski definition) is 2. The zero-order chi connectivity index (χ0) is 10.8. The summed E-state index contributed by atoms with van der Waals surface area (Å²) in [6.45, 7) is 3.67. The van der Waals surface area contributed by atoms with Crippen LogP contribution in [0.15, 0.2) is 15.5 Å². The Morgan fingerprint density at radius 1 is 1.71 bits per heavy atom. The standard InChI is InChI=1S/C9H10BrN3O/c1-4-9(2,3)12-6-5-11-13-8(14)7(6)10/h1,5H,2-3H3,(H2,12,13,14). The molecule has 5 heteroatoms. The van der Waals surface area contributed by atoms with Crippen LogP contribution in [0.5, 0.6) is 0 Å². The molecule has 1 rings (SSSR count). The zero-order valence-corrected chi connectivity index (χ0v) is 9.47. The van der Waals surface area contributed by atoms with Crippen molar-refractivity contribution in [2.75, 3.05) is 5.32 Å². The highest BCUT2D eigenvalue weighted by atomic mass is 79.9. The van der Waals surface area contributed by atoms with E-state index < -0.39 is 5.54 Å². The lowest BCUT2D eigenvalue weighted by Gasteiger charge is -2.21. The van der Waals surface area contributed by atoms with Gasteiger partial charge in [0.15, 0.2) is 0 Å². The molecular formula is C9H10BrN3O. The van der Waals surface area contributed by atoms with Gasteiger partial charge >= 0.3 is 0 Å². The van der Waals surface area contributed by atoms with Crippen molar-refractivity contribution in [2.45, 2.75) is 19.4 Å². The molecule has 0 aliphatic carbocycles.